The Morgan fingerprint density at radius 1 is 1.20 bits per heavy atom. The standard InChI is InChI=1S/C19H16ClN5/c20-17-6-3-14(10-22-17)11-25-8-7-16-18(24-12-23-16)19(25)15-4-1-13(9-21)2-5-15/h1-6,10,12,19H,7-8,11H2,(H,23,24)/t19-/m1/s1. The highest BCUT2D eigenvalue weighted by Crippen LogP contribution is 2.34. The Bertz CT molecular complexity index is 908. The summed E-state index contributed by atoms with van der Waals surface area (Å²) in [5, 5.41) is 9.54. The van der Waals surface area contributed by atoms with Crippen LogP contribution in [0, 0.1) is 11.3 Å². The Morgan fingerprint density at radius 2 is 2.04 bits per heavy atom. The van der Waals surface area contributed by atoms with Crippen molar-refractivity contribution in [3.05, 3.63) is 82.2 Å². The fourth-order valence-electron chi connectivity index (χ4n) is 3.34. The normalized spacial score (nSPS) is 17.0. The predicted octanol–water partition coefficient (Wildman–Crippen LogP) is 3.48. The van der Waals surface area contributed by atoms with Gasteiger partial charge >= 0.3 is 0 Å². The van der Waals surface area contributed by atoms with Crippen molar-refractivity contribution >= 4 is 11.6 Å². The minimum atomic E-state index is 0.0541. The lowest BCUT2D eigenvalue weighted by atomic mass is 9.94. The first-order chi connectivity index (χ1) is 12.2. The SMILES string of the molecule is N#Cc1ccc([C@@H]2c3nc[nH]c3CCN2Cc2ccc(Cl)nc2)cc1. The van der Waals surface area contributed by atoms with Gasteiger partial charge in [-0.1, -0.05) is 29.8 Å². The van der Waals surface area contributed by atoms with Crippen molar-refractivity contribution in [2.75, 3.05) is 6.54 Å². The van der Waals surface area contributed by atoms with Crippen LogP contribution in [0.1, 0.15) is 34.1 Å². The Balaban J connectivity index is 1.69. The summed E-state index contributed by atoms with van der Waals surface area (Å²) < 4.78 is 0. The molecule has 0 aliphatic carbocycles. The van der Waals surface area contributed by atoms with Gasteiger partial charge < -0.3 is 4.98 Å². The molecule has 0 amide bonds. The smallest absolute Gasteiger partial charge is 0.129 e. The van der Waals surface area contributed by atoms with E-state index in [1.54, 1.807) is 6.33 Å². The third-order valence-corrected chi connectivity index (χ3v) is 4.78. The molecule has 1 aliphatic heterocycles. The molecule has 3 aromatic rings. The molecule has 3 heterocycles. The third-order valence-electron chi connectivity index (χ3n) is 4.55. The van der Waals surface area contributed by atoms with E-state index in [1.165, 1.54) is 5.69 Å². The lowest BCUT2D eigenvalue weighted by Gasteiger charge is -2.35. The molecule has 6 heteroatoms. The van der Waals surface area contributed by atoms with E-state index >= 15 is 0 Å². The first kappa shape index (κ1) is 15.8. The molecule has 0 radical (unpaired) electrons. The zero-order valence-electron chi connectivity index (χ0n) is 13.5. The van der Waals surface area contributed by atoms with Crippen LogP contribution < -0.4 is 0 Å². The Morgan fingerprint density at radius 3 is 2.76 bits per heavy atom. The largest absolute Gasteiger partial charge is 0.348 e. The molecule has 0 unspecified atom stereocenters. The van der Waals surface area contributed by atoms with Crippen molar-refractivity contribution in [3.8, 4) is 6.07 Å². The van der Waals surface area contributed by atoms with Gasteiger partial charge in [-0.15, -0.1) is 0 Å². The van der Waals surface area contributed by atoms with Crippen molar-refractivity contribution in [2.45, 2.75) is 19.0 Å². The summed E-state index contributed by atoms with van der Waals surface area (Å²) in [4.78, 5) is 14.4. The number of benzene rings is 1. The van der Waals surface area contributed by atoms with Gasteiger partial charge in [-0.05, 0) is 29.3 Å². The van der Waals surface area contributed by atoms with Crippen LogP contribution >= 0.6 is 11.6 Å². The van der Waals surface area contributed by atoms with Gasteiger partial charge in [0, 0.05) is 31.4 Å². The summed E-state index contributed by atoms with van der Waals surface area (Å²) in [5.74, 6) is 0. The Kier molecular flexibility index (Phi) is 4.22. The summed E-state index contributed by atoms with van der Waals surface area (Å²) in [6.07, 6.45) is 4.51. The van der Waals surface area contributed by atoms with Gasteiger partial charge in [0.15, 0.2) is 0 Å². The van der Waals surface area contributed by atoms with Crippen LogP contribution in [-0.4, -0.2) is 26.4 Å². The van der Waals surface area contributed by atoms with Gasteiger partial charge in [-0.3, -0.25) is 4.90 Å². The number of nitrogens with zero attached hydrogens (tertiary/aromatic N) is 4. The molecule has 0 fully saturated rings. The molecule has 2 aromatic heterocycles. The highest BCUT2D eigenvalue weighted by Gasteiger charge is 2.30. The maximum atomic E-state index is 9.04. The van der Waals surface area contributed by atoms with Gasteiger partial charge in [0.2, 0.25) is 0 Å². The second-order valence-corrected chi connectivity index (χ2v) is 6.50. The molecule has 5 nitrogen and oxygen atoms in total. The van der Waals surface area contributed by atoms with E-state index in [2.05, 4.69) is 25.9 Å². The monoisotopic (exact) mass is 349 g/mol. The molecule has 25 heavy (non-hydrogen) atoms. The van der Waals surface area contributed by atoms with E-state index < -0.39 is 0 Å². The molecule has 4 rings (SSSR count). The molecular formula is C19H16ClN5. The number of H-pyrrole nitrogens is 1. The molecule has 1 aliphatic rings. The van der Waals surface area contributed by atoms with Crippen molar-refractivity contribution in [1.82, 2.24) is 19.9 Å². The van der Waals surface area contributed by atoms with Crippen LogP contribution in [0.15, 0.2) is 48.9 Å². The van der Waals surface area contributed by atoms with Crippen LogP contribution in [0.3, 0.4) is 0 Å². The maximum Gasteiger partial charge on any atom is 0.129 e. The average molecular weight is 350 g/mol. The predicted molar refractivity (Wildman–Crippen MR) is 94.9 cm³/mol. The molecule has 1 atom stereocenters. The van der Waals surface area contributed by atoms with E-state index in [1.807, 2.05) is 42.6 Å². The number of nitriles is 1. The number of pyridine rings is 1. The van der Waals surface area contributed by atoms with Crippen molar-refractivity contribution in [2.24, 2.45) is 0 Å². The number of nitrogens with one attached hydrogen (secondary N) is 1. The lowest BCUT2D eigenvalue weighted by Crippen LogP contribution is -2.35. The zero-order chi connectivity index (χ0) is 17.2. The van der Waals surface area contributed by atoms with Crippen LogP contribution in [0.2, 0.25) is 5.15 Å². The zero-order valence-corrected chi connectivity index (χ0v) is 14.2. The van der Waals surface area contributed by atoms with Gasteiger partial charge in [-0.2, -0.15) is 5.26 Å². The van der Waals surface area contributed by atoms with Gasteiger partial charge in [0.05, 0.1) is 29.7 Å². The van der Waals surface area contributed by atoms with Crippen molar-refractivity contribution < 1.29 is 0 Å². The molecule has 124 valence electrons. The number of fused-ring (bicyclic) bond motifs is 1. The van der Waals surface area contributed by atoms with Crippen molar-refractivity contribution in [1.29, 1.82) is 5.26 Å². The van der Waals surface area contributed by atoms with E-state index in [9.17, 15) is 0 Å². The number of aromatic amines is 1. The highest BCUT2D eigenvalue weighted by molar-refractivity contribution is 6.29. The molecule has 1 aromatic carbocycles. The summed E-state index contributed by atoms with van der Waals surface area (Å²) >= 11 is 5.89. The second kappa shape index (κ2) is 6.67. The summed E-state index contributed by atoms with van der Waals surface area (Å²) in [7, 11) is 0. The van der Waals surface area contributed by atoms with E-state index in [-0.39, 0.29) is 6.04 Å². The van der Waals surface area contributed by atoms with Gasteiger partial charge in [0.25, 0.3) is 0 Å². The minimum absolute atomic E-state index is 0.0541. The van der Waals surface area contributed by atoms with E-state index in [0.717, 1.165) is 36.3 Å². The lowest BCUT2D eigenvalue weighted by molar-refractivity contribution is 0.200. The van der Waals surface area contributed by atoms with E-state index in [0.29, 0.717) is 10.7 Å². The molecule has 1 N–H and O–H groups in total. The van der Waals surface area contributed by atoms with E-state index in [4.69, 9.17) is 16.9 Å². The first-order valence-corrected chi connectivity index (χ1v) is 8.49. The quantitative estimate of drug-likeness (QED) is 0.735. The van der Waals surface area contributed by atoms with Crippen LogP contribution in [0.4, 0.5) is 0 Å². The molecule has 0 bridgehead atoms. The highest BCUT2D eigenvalue weighted by atomic mass is 35.5. The van der Waals surface area contributed by atoms with Gasteiger partial charge in [0.1, 0.15) is 5.15 Å². The van der Waals surface area contributed by atoms with Crippen LogP contribution in [0.25, 0.3) is 0 Å². The Hall–Kier alpha value is -2.68. The number of hydrogen-bond acceptors (Lipinski definition) is 4. The van der Waals surface area contributed by atoms with Crippen molar-refractivity contribution in [3.63, 3.8) is 0 Å². The minimum Gasteiger partial charge on any atom is -0.348 e. The number of halogens is 1. The number of aromatic nitrogens is 3. The van der Waals surface area contributed by atoms with Gasteiger partial charge in [-0.25, -0.2) is 9.97 Å². The fourth-order valence-corrected chi connectivity index (χ4v) is 3.45. The molecule has 0 spiro atoms. The maximum absolute atomic E-state index is 9.04. The first-order valence-electron chi connectivity index (χ1n) is 8.11. The molecule has 0 saturated carbocycles. The fraction of sp³-hybridized carbons (Fsp3) is 0.211. The summed E-state index contributed by atoms with van der Waals surface area (Å²) in [6.45, 7) is 1.68. The second-order valence-electron chi connectivity index (χ2n) is 6.11. The van der Waals surface area contributed by atoms with Crippen LogP contribution in [0.5, 0.6) is 0 Å². The Labute approximate surface area is 150 Å². The number of hydrogen-bond donors (Lipinski definition) is 1. The average Bonchev–Trinajstić information content (AvgIpc) is 3.12. The third kappa shape index (κ3) is 3.14. The number of rotatable bonds is 3. The molecular weight excluding hydrogens is 334 g/mol. The topological polar surface area (TPSA) is 68.6 Å². The summed E-state index contributed by atoms with van der Waals surface area (Å²) in [6, 6.07) is 13.8. The molecule has 0 saturated heterocycles. The van der Waals surface area contributed by atoms with Crippen LogP contribution in [-0.2, 0) is 13.0 Å². The number of imidazole rings is 1. The summed E-state index contributed by atoms with van der Waals surface area (Å²) in [5.41, 5.74) is 5.14.